The van der Waals surface area contributed by atoms with Crippen molar-refractivity contribution in [1.82, 2.24) is 4.98 Å². The van der Waals surface area contributed by atoms with Crippen LogP contribution in [0.2, 0.25) is 0 Å². The van der Waals surface area contributed by atoms with Crippen LogP contribution in [0.15, 0.2) is 54.7 Å². The molecule has 0 aliphatic rings. The Balaban J connectivity index is 1.76. The maximum Gasteiger partial charge on any atom is 0.263 e. The minimum Gasteiger partial charge on any atom is -0.496 e. The molecule has 0 aliphatic heterocycles. The Hall–Kier alpha value is -3.54. The second-order valence-electron chi connectivity index (χ2n) is 6.30. The number of carbonyl (C=O) groups excluding carboxylic acids is 1. The lowest BCUT2D eigenvalue weighted by Crippen LogP contribution is -2.14. The van der Waals surface area contributed by atoms with Crippen LogP contribution < -0.4 is 20.1 Å². The molecule has 0 fully saturated rings. The summed E-state index contributed by atoms with van der Waals surface area (Å²) in [6.45, 7) is 4.13. The molecule has 28 heavy (non-hydrogen) atoms. The van der Waals surface area contributed by atoms with Crippen molar-refractivity contribution in [2.45, 2.75) is 13.8 Å². The standard InChI is InChI=1S/C22H23N3O3/c1-14-7-5-8-17(15(14)2)25-20-12-11-16(13-23-20)24-22(26)21-18(27-3)9-6-10-19(21)28-4/h5-13H,1-4H3,(H,23,25)(H,24,26). The molecule has 2 N–H and O–H groups in total. The van der Waals surface area contributed by atoms with E-state index in [0.717, 1.165) is 5.69 Å². The van der Waals surface area contributed by atoms with E-state index in [2.05, 4.69) is 35.5 Å². The first-order chi connectivity index (χ1) is 13.5. The number of hydrogen-bond acceptors (Lipinski definition) is 5. The number of amides is 1. The van der Waals surface area contributed by atoms with Gasteiger partial charge in [-0.25, -0.2) is 4.98 Å². The summed E-state index contributed by atoms with van der Waals surface area (Å²) in [7, 11) is 3.03. The molecule has 3 aromatic rings. The number of methoxy groups -OCH3 is 2. The molecule has 0 unspecified atom stereocenters. The number of benzene rings is 2. The van der Waals surface area contributed by atoms with Crippen LogP contribution >= 0.6 is 0 Å². The quantitative estimate of drug-likeness (QED) is 0.651. The fourth-order valence-electron chi connectivity index (χ4n) is 2.83. The van der Waals surface area contributed by atoms with Crippen molar-refractivity contribution in [1.29, 1.82) is 0 Å². The number of nitrogens with one attached hydrogen (secondary N) is 2. The maximum atomic E-state index is 12.7. The molecule has 1 heterocycles. The average molecular weight is 377 g/mol. The van der Waals surface area contributed by atoms with Crippen molar-refractivity contribution in [3.8, 4) is 11.5 Å². The summed E-state index contributed by atoms with van der Waals surface area (Å²) in [4.78, 5) is 17.1. The van der Waals surface area contributed by atoms with E-state index >= 15 is 0 Å². The van der Waals surface area contributed by atoms with E-state index in [0.29, 0.717) is 28.6 Å². The number of aryl methyl sites for hydroxylation is 1. The monoisotopic (exact) mass is 377 g/mol. The first kappa shape index (κ1) is 19.2. The third-order valence-electron chi connectivity index (χ3n) is 4.54. The van der Waals surface area contributed by atoms with Crippen LogP contribution in [-0.2, 0) is 0 Å². The molecule has 144 valence electrons. The van der Waals surface area contributed by atoms with Gasteiger partial charge < -0.3 is 20.1 Å². The summed E-state index contributed by atoms with van der Waals surface area (Å²) in [6, 6.07) is 14.9. The lowest BCUT2D eigenvalue weighted by atomic mass is 10.1. The Labute approximate surface area is 164 Å². The highest BCUT2D eigenvalue weighted by Gasteiger charge is 2.18. The highest BCUT2D eigenvalue weighted by Crippen LogP contribution is 2.29. The van der Waals surface area contributed by atoms with Gasteiger partial charge in [0.2, 0.25) is 0 Å². The molecular formula is C22H23N3O3. The summed E-state index contributed by atoms with van der Waals surface area (Å²) in [5.41, 5.74) is 4.29. The highest BCUT2D eigenvalue weighted by atomic mass is 16.5. The SMILES string of the molecule is COc1cccc(OC)c1C(=O)Nc1ccc(Nc2cccc(C)c2C)nc1. The van der Waals surface area contributed by atoms with Crippen LogP contribution in [0.25, 0.3) is 0 Å². The van der Waals surface area contributed by atoms with Crippen molar-refractivity contribution in [2.75, 3.05) is 24.9 Å². The first-order valence-corrected chi connectivity index (χ1v) is 8.85. The van der Waals surface area contributed by atoms with Crippen LogP contribution in [0.4, 0.5) is 17.2 Å². The van der Waals surface area contributed by atoms with Crippen molar-refractivity contribution in [3.63, 3.8) is 0 Å². The van der Waals surface area contributed by atoms with Gasteiger partial charge in [0, 0.05) is 5.69 Å². The van der Waals surface area contributed by atoms with Crippen molar-refractivity contribution in [2.24, 2.45) is 0 Å². The summed E-state index contributed by atoms with van der Waals surface area (Å²) >= 11 is 0. The van der Waals surface area contributed by atoms with Crippen LogP contribution in [0, 0.1) is 13.8 Å². The molecule has 0 aliphatic carbocycles. The van der Waals surface area contributed by atoms with Gasteiger partial charge in [-0.05, 0) is 55.3 Å². The number of rotatable bonds is 6. The Kier molecular flexibility index (Phi) is 5.79. The number of pyridine rings is 1. The van der Waals surface area contributed by atoms with Crippen molar-refractivity contribution < 1.29 is 14.3 Å². The molecule has 0 bridgehead atoms. The van der Waals surface area contributed by atoms with Gasteiger partial charge in [-0.1, -0.05) is 18.2 Å². The maximum absolute atomic E-state index is 12.7. The minimum atomic E-state index is -0.327. The van der Waals surface area contributed by atoms with Gasteiger partial charge in [-0.3, -0.25) is 4.79 Å². The fourth-order valence-corrected chi connectivity index (χ4v) is 2.83. The molecule has 0 radical (unpaired) electrons. The predicted molar refractivity (Wildman–Crippen MR) is 111 cm³/mol. The zero-order valence-corrected chi connectivity index (χ0v) is 16.4. The van der Waals surface area contributed by atoms with Gasteiger partial charge in [0.05, 0.1) is 26.1 Å². The fraction of sp³-hybridized carbons (Fsp3) is 0.182. The number of anilines is 3. The first-order valence-electron chi connectivity index (χ1n) is 8.85. The molecule has 0 spiro atoms. The predicted octanol–water partition coefficient (Wildman–Crippen LogP) is 4.71. The molecule has 0 saturated carbocycles. The zero-order valence-electron chi connectivity index (χ0n) is 16.4. The van der Waals surface area contributed by atoms with Crippen molar-refractivity contribution >= 4 is 23.1 Å². The Morgan fingerprint density at radius 3 is 2.21 bits per heavy atom. The van der Waals surface area contributed by atoms with Gasteiger partial charge in [0.25, 0.3) is 5.91 Å². The van der Waals surface area contributed by atoms with Gasteiger partial charge in [0.15, 0.2) is 0 Å². The third kappa shape index (κ3) is 4.06. The largest absolute Gasteiger partial charge is 0.496 e. The second kappa shape index (κ2) is 8.43. The second-order valence-corrected chi connectivity index (χ2v) is 6.30. The Morgan fingerprint density at radius 2 is 1.61 bits per heavy atom. The number of hydrogen-bond donors (Lipinski definition) is 2. The van der Waals surface area contributed by atoms with Gasteiger partial charge in [0.1, 0.15) is 22.9 Å². The number of aromatic nitrogens is 1. The lowest BCUT2D eigenvalue weighted by molar-refractivity contribution is 0.102. The van der Waals surface area contributed by atoms with Gasteiger partial charge >= 0.3 is 0 Å². The summed E-state index contributed by atoms with van der Waals surface area (Å²) in [6.07, 6.45) is 1.60. The summed E-state index contributed by atoms with van der Waals surface area (Å²) < 4.78 is 10.6. The topological polar surface area (TPSA) is 72.5 Å². The molecule has 3 rings (SSSR count). The van der Waals surface area contributed by atoms with Gasteiger partial charge in [-0.15, -0.1) is 0 Å². The molecule has 0 saturated heterocycles. The number of carbonyl (C=O) groups is 1. The average Bonchev–Trinajstić information content (AvgIpc) is 2.72. The van der Waals surface area contributed by atoms with Crippen molar-refractivity contribution in [3.05, 3.63) is 71.4 Å². The smallest absolute Gasteiger partial charge is 0.263 e. The van der Waals surface area contributed by atoms with Crippen LogP contribution in [0.5, 0.6) is 11.5 Å². The molecule has 6 heteroatoms. The lowest BCUT2D eigenvalue weighted by Gasteiger charge is -2.13. The zero-order chi connectivity index (χ0) is 20.1. The van der Waals surface area contributed by atoms with E-state index in [-0.39, 0.29) is 5.91 Å². The van der Waals surface area contributed by atoms with Gasteiger partial charge in [-0.2, -0.15) is 0 Å². The summed E-state index contributed by atoms with van der Waals surface area (Å²) in [5.74, 6) is 1.25. The van der Waals surface area contributed by atoms with E-state index < -0.39 is 0 Å². The Morgan fingerprint density at radius 1 is 0.929 bits per heavy atom. The molecule has 1 amide bonds. The van der Waals surface area contributed by atoms with E-state index in [4.69, 9.17) is 9.47 Å². The summed E-state index contributed by atoms with van der Waals surface area (Å²) in [5, 5.41) is 6.13. The normalized spacial score (nSPS) is 10.3. The minimum absolute atomic E-state index is 0.327. The Bertz CT molecular complexity index is 963. The van der Waals surface area contributed by atoms with E-state index in [1.165, 1.54) is 25.3 Å². The molecule has 6 nitrogen and oxygen atoms in total. The highest BCUT2D eigenvalue weighted by molar-refractivity contribution is 6.08. The molecular weight excluding hydrogens is 354 g/mol. The molecule has 2 aromatic carbocycles. The van der Waals surface area contributed by atoms with Crippen LogP contribution in [-0.4, -0.2) is 25.1 Å². The molecule has 1 aromatic heterocycles. The van der Waals surface area contributed by atoms with Crippen LogP contribution in [0.3, 0.4) is 0 Å². The van der Waals surface area contributed by atoms with E-state index in [9.17, 15) is 4.79 Å². The molecule has 0 atom stereocenters. The van der Waals surface area contributed by atoms with E-state index in [1.807, 2.05) is 18.2 Å². The van der Waals surface area contributed by atoms with Crippen LogP contribution in [0.1, 0.15) is 21.5 Å². The number of ether oxygens (including phenoxy) is 2. The number of nitrogens with zero attached hydrogens (tertiary/aromatic N) is 1. The van der Waals surface area contributed by atoms with E-state index in [1.54, 1.807) is 30.5 Å². The third-order valence-corrected chi connectivity index (χ3v) is 4.54.